The number of aliphatic hydroxyl groups is 1. The third-order valence-corrected chi connectivity index (χ3v) is 6.18. The quantitative estimate of drug-likeness (QED) is 0.734. The van der Waals surface area contributed by atoms with E-state index in [4.69, 9.17) is 14.6 Å². The third-order valence-electron chi connectivity index (χ3n) is 6.18. The molecule has 3 rings (SSSR count). The Morgan fingerprint density at radius 1 is 1.15 bits per heavy atom. The first-order chi connectivity index (χ1) is 13.0. The van der Waals surface area contributed by atoms with Crippen molar-refractivity contribution < 1.29 is 23.9 Å². The van der Waals surface area contributed by atoms with Crippen LogP contribution in [0.15, 0.2) is 36.2 Å². The first-order valence-corrected chi connectivity index (χ1v) is 9.64. The number of likely N-dealkylation sites (tertiary alicyclic amines) is 1. The zero-order valence-corrected chi connectivity index (χ0v) is 16.6. The van der Waals surface area contributed by atoms with E-state index in [1.807, 2.05) is 30.5 Å². The molecule has 0 bridgehead atoms. The molecule has 0 amide bonds. The van der Waals surface area contributed by atoms with Crippen molar-refractivity contribution in [2.24, 2.45) is 0 Å². The van der Waals surface area contributed by atoms with Gasteiger partial charge in [0.05, 0.1) is 33.9 Å². The monoisotopic (exact) mass is 375 g/mol. The number of quaternary nitrogens is 1. The van der Waals surface area contributed by atoms with Crippen molar-refractivity contribution in [3.05, 3.63) is 41.8 Å². The van der Waals surface area contributed by atoms with Gasteiger partial charge in [-0.1, -0.05) is 12.1 Å². The third kappa shape index (κ3) is 4.03. The molecule has 2 aliphatic heterocycles. The molecule has 1 fully saturated rings. The van der Waals surface area contributed by atoms with Crippen LogP contribution in [0.25, 0.3) is 0 Å². The highest BCUT2D eigenvalue weighted by Crippen LogP contribution is 2.35. The average Bonchev–Trinajstić information content (AvgIpc) is 2.94. The number of nitrogens with zero attached hydrogens (tertiary/aromatic N) is 2. The van der Waals surface area contributed by atoms with Crippen LogP contribution in [0.2, 0.25) is 0 Å². The highest BCUT2D eigenvalue weighted by atomic mass is 16.5. The minimum absolute atomic E-state index is 0.0913. The topological polar surface area (TPSA) is 59.0 Å². The first-order valence-electron chi connectivity index (χ1n) is 9.64. The van der Waals surface area contributed by atoms with Gasteiger partial charge >= 0.3 is 0 Å². The number of Topliss-reactive ketones (excluding diaryl/α,β-unsaturated/α-hetero) is 1. The summed E-state index contributed by atoms with van der Waals surface area (Å²) in [6.07, 6.45) is 4.72. The number of rotatable bonds is 7. The van der Waals surface area contributed by atoms with Gasteiger partial charge in [0.25, 0.3) is 5.78 Å². The number of ketones is 1. The van der Waals surface area contributed by atoms with Gasteiger partial charge in [-0.3, -0.25) is 9.28 Å². The molecule has 1 aromatic carbocycles. The minimum atomic E-state index is -0.164. The molecule has 2 atom stereocenters. The average molecular weight is 375 g/mol. The smallest absolute Gasteiger partial charge is 0.260 e. The van der Waals surface area contributed by atoms with Crippen molar-refractivity contribution in [2.45, 2.75) is 31.3 Å². The van der Waals surface area contributed by atoms with Gasteiger partial charge in [0, 0.05) is 38.9 Å². The Hall–Kier alpha value is -1.89. The van der Waals surface area contributed by atoms with E-state index >= 15 is 0 Å². The van der Waals surface area contributed by atoms with Crippen LogP contribution in [0.1, 0.15) is 18.4 Å². The van der Waals surface area contributed by atoms with Gasteiger partial charge in [0.2, 0.25) is 5.76 Å². The summed E-state index contributed by atoms with van der Waals surface area (Å²) in [6.45, 7) is 2.84. The summed E-state index contributed by atoms with van der Waals surface area (Å²) in [5.41, 5.74) is 1.13. The number of methoxy groups -OCH3 is 2. The Labute approximate surface area is 161 Å². The zero-order valence-electron chi connectivity index (χ0n) is 16.6. The molecule has 2 unspecified atom stereocenters. The van der Waals surface area contributed by atoms with E-state index < -0.39 is 0 Å². The van der Waals surface area contributed by atoms with E-state index in [9.17, 15) is 4.79 Å². The SMILES string of the molecule is COC1=C[N+](C)(C2CCN(CCO)CC2)C(Cc2ccc(OC)cc2)C1=O. The molecule has 148 valence electrons. The van der Waals surface area contributed by atoms with Crippen LogP contribution >= 0.6 is 0 Å². The van der Waals surface area contributed by atoms with Crippen molar-refractivity contribution >= 4 is 5.78 Å². The molecule has 0 radical (unpaired) electrons. The maximum absolute atomic E-state index is 13.0. The lowest BCUT2D eigenvalue weighted by Crippen LogP contribution is -2.58. The van der Waals surface area contributed by atoms with Crippen LogP contribution in [0.4, 0.5) is 0 Å². The fourth-order valence-corrected chi connectivity index (χ4v) is 4.45. The number of hydrogen-bond donors (Lipinski definition) is 1. The molecule has 6 heteroatoms. The molecule has 0 aliphatic carbocycles. The Bertz CT molecular complexity index is 680. The number of hydrogen-bond acceptors (Lipinski definition) is 5. The number of ether oxygens (including phenoxy) is 2. The van der Waals surface area contributed by atoms with Crippen LogP contribution in [-0.2, 0) is 16.0 Å². The summed E-state index contributed by atoms with van der Waals surface area (Å²) >= 11 is 0. The van der Waals surface area contributed by atoms with Gasteiger partial charge in [-0.25, -0.2) is 0 Å². The molecule has 0 spiro atoms. The maximum Gasteiger partial charge on any atom is 0.260 e. The molecule has 0 saturated carbocycles. The molecule has 1 aromatic rings. The fourth-order valence-electron chi connectivity index (χ4n) is 4.45. The van der Waals surface area contributed by atoms with Gasteiger partial charge in [-0.2, -0.15) is 0 Å². The normalized spacial score (nSPS) is 26.9. The number of benzene rings is 1. The number of carbonyl (C=O) groups is 1. The van der Waals surface area contributed by atoms with E-state index in [0.717, 1.165) is 43.8 Å². The summed E-state index contributed by atoms with van der Waals surface area (Å²) in [5.74, 6) is 1.39. The van der Waals surface area contributed by atoms with Gasteiger partial charge in [-0.15, -0.1) is 0 Å². The first kappa shape index (κ1) is 19.9. The van der Waals surface area contributed by atoms with E-state index in [0.29, 0.717) is 22.7 Å². The Kier molecular flexibility index (Phi) is 6.19. The predicted octanol–water partition coefficient (Wildman–Crippen LogP) is 1.58. The number of carbonyl (C=O) groups excluding carboxylic acids is 1. The van der Waals surface area contributed by atoms with Crippen molar-refractivity contribution in [3.8, 4) is 5.75 Å². The second kappa shape index (κ2) is 8.42. The predicted molar refractivity (Wildman–Crippen MR) is 103 cm³/mol. The summed E-state index contributed by atoms with van der Waals surface area (Å²) in [7, 11) is 5.39. The van der Waals surface area contributed by atoms with Crippen LogP contribution in [-0.4, -0.2) is 79.9 Å². The lowest BCUT2D eigenvalue weighted by molar-refractivity contribution is -0.898. The molecular formula is C21H31N2O4+. The Morgan fingerprint density at radius 2 is 1.81 bits per heavy atom. The molecule has 27 heavy (non-hydrogen) atoms. The van der Waals surface area contributed by atoms with Crippen molar-refractivity contribution in [1.29, 1.82) is 0 Å². The molecule has 2 heterocycles. The number of β-amino-alcohol motifs (C(OH)–C–C–N with tert-alkyl or cyclic N) is 1. The lowest BCUT2D eigenvalue weighted by Gasteiger charge is -2.44. The van der Waals surface area contributed by atoms with Crippen molar-refractivity contribution in [1.82, 2.24) is 4.90 Å². The number of aliphatic hydroxyl groups excluding tert-OH is 1. The fraction of sp³-hybridized carbons (Fsp3) is 0.571. The van der Waals surface area contributed by atoms with Crippen LogP contribution < -0.4 is 4.74 Å². The van der Waals surface area contributed by atoms with E-state index in [1.54, 1.807) is 14.2 Å². The second-order valence-corrected chi connectivity index (χ2v) is 7.65. The molecule has 0 aromatic heterocycles. The Morgan fingerprint density at radius 3 is 2.37 bits per heavy atom. The largest absolute Gasteiger partial charge is 0.497 e. The van der Waals surface area contributed by atoms with Crippen LogP contribution in [0.5, 0.6) is 5.75 Å². The van der Waals surface area contributed by atoms with E-state index in [2.05, 4.69) is 11.9 Å². The summed E-state index contributed by atoms with van der Waals surface area (Å²) in [4.78, 5) is 15.3. The van der Waals surface area contributed by atoms with Gasteiger partial charge in [0.1, 0.15) is 11.9 Å². The Balaban J connectivity index is 1.79. The molecule has 1 saturated heterocycles. The van der Waals surface area contributed by atoms with Gasteiger partial charge in [0.15, 0.2) is 6.04 Å². The lowest BCUT2D eigenvalue weighted by atomic mass is 9.95. The number of likely N-dealkylation sites (N-methyl/N-ethyl adjacent to an activating group) is 1. The summed E-state index contributed by atoms with van der Waals surface area (Å²) < 4.78 is 11.2. The maximum atomic E-state index is 13.0. The zero-order chi connectivity index (χ0) is 19.4. The second-order valence-electron chi connectivity index (χ2n) is 7.65. The molecule has 6 nitrogen and oxygen atoms in total. The standard InChI is InChI=1S/C21H31N2O4/c1-23(17-8-10-22(11-9-17)12-13-24)15-20(27-3)21(25)19(23)14-16-4-6-18(26-2)7-5-16/h4-7,15,17,19,24H,8-14H2,1-3H3/q+1. The summed E-state index contributed by atoms with van der Waals surface area (Å²) in [6, 6.07) is 8.16. The molecule has 1 N–H and O–H groups in total. The van der Waals surface area contributed by atoms with E-state index in [1.165, 1.54) is 0 Å². The molecule has 2 aliphatic rings. The van der Waals surface area contributed by atoms with E-state index in [-0.39, 0.29) is 18.4 Å². The van der Waals surface area contributed by atoms with Gasteiger partial charge < -0.3 is 19.5 Å². The highest BCUT2D eigenvalue weighted by molar-refractivity contribution is 5.98. The van der Waals surface area contributed by atoms with Crippen LogP contribution in [0, 0.1) is 0 Å². The summed E-state index contributed by atoms with van der Waals surface area (Å²) in [5, 5.41) is 9.17. The van der Waals surface area contributed by atoms with Crippen LogP contribution in [0.3, 0.4) is 0 Å². The van der Waals surface area contributed by atoms with Crippen molar-refractivity contribution in [3.63, 3.8) is 0 Å². The highest BCUT2D eigenvalue weighted by Gasteiger charge is 2.51. The minimum Gasteiger partial charge on any atom is -0.497 e. The van der Waals surface area contributed by atoms with Gasteiger partial charge in [-0.05, 0) is 17.7 Å². The molecular weight excluding hydrogens is 344 g/mol. The van der Waals surface area contributed by atoms with Crippen molar-refractivity contribution in [2.75, 3.05) is 47.5 Å². The number of piperidine rings is 1.